The van der Waals surface area contributed by atoms with Gasteiger partial charge in [-0.2, -0.15) is 0 Å². The topological polar surface area (TPSA) is 58.6 Å². The minimum atomic E-state index is -0.661. The van der Waals surface area contributed by atoms with Crippen molar-refractivity contribution in [3.63, 3.8) is 0 Å². The lowest BCUT2D eigenvalue weighted by atomic mass is 9.89. The lowest BCUT2D eigenvalue weighted by molar-refractivity contribution is -0.156. The zero-order valence-electron chi connectivity index (χ0n) is 15.9. The van der Waals surface area contributed by atoms with Crippen LogP contribution in [-0.4, -0.2) is 42.5 Å². The van der Waals surface area contributed by atoms with E-state index in [4.69, 9.17) is 4.74 Å². The summed E-state index contributed by atoms with van der Waals surface area (Å²) in [4.78, 5) is 26.9. The molecule has 2 atom stereocenters. The molecule has 0 aliphatic carbocycles. The van der Waals surface area contributed by atoms with Gasteiger partial charge in [-0.1, -0.05) is 60.7 Å². The number of hydrogen-bond acceptors (Lipinski definition) is 3. The van der Waals surface area contributed by atoms with E-state index in [1.165, 1.54) is 5.56 Å². The number of carbonyl (C=O) groups is 2. The molecule has 4 rings (SSSR count). The molecule has 2 heterocycles. The predicted octanol–water partition coefficient (Wildman–Crippen LogP) is 2.72. The van der Waals surface area contributed by atoms with Crippen molar-refractivity contribution in [2.75, 3.05) is 19.7 Å². The van der Waals surface area contributed by atoms with Crippen LogP contribution in [0.2, 0.25) is 0 Å². The normalized spacial score (nSPS) is 23.3. The van der Waals surface area contributed by atoms with Crippen molar-refractivity contribution in [1.29, 1.82) is 0 Å². The Kier molecular flexibility index (Phi) is 5.72. The van der Waals surface area contributed by atoms with E-state index in [-0.39, 0.29) is 18.4 Å². The number of morpholine rings is 1. The van der Waals surface area contributed by atoms with E-state index in [1.807, 2.05) is 41.3 Å². The molecule has 2 fully saturated rings. The Morgan fingerprint density at radius 3 is 2.32 bits per heavy atom. The summed E-state index contributed by atoms with van der Waals surface area (Å²) in [5.41, 5.74) is 2.25. The number of amides is 2. The Hall–Kier alpha value is -2.66. The number of piperidine rings is 1. The lowest BCUT2D eigenvalue weighted by Crippen LogP contribution is -2.54. The molecule has 5 heteroatoms. The van der Waals surface area contributed by atoms with Gasteiger partial charge >= 0.3 is 0 Å². The quantitative estimate of drug-likeness (QED) is 0.890. The smallest absolute Gasteiger partial charge is 0.254 e. The van der Waals surface area contributed by atoms with E-state index in [9.17, 15) is 9.59 Å². The standard InChI is InChI=1S/C23H26N2O3/c26-20-16-28-22(21(24-20)19-9-5-2-6-10-19)23(27)25-13-11-18(12-14-25)15-17-7-3-1-4-8-17/h1-10,18,21-22H,11-16H2,(H,24,26)/t21-,22+/m1/s1. The Bertz CT molecular complexity index is 801. The fourth-order valence-corrected chi connectivity index (χ4v) is 4.17. The molecule has 2 aliphatic rings. The molecule has 0 radical (unpaired) electrons. The van der Waals surface area contributed by atoms with Crippen LogP contribution in [0.15, 0.2) is 60.7 Å². The van der Waals surface area contributed by atoms with Crippen LogP contribution in [0.1, 0.15) is 30.0 Å². The van der Waals surface area contributed by atoms with Gasteiger partial charge in [-0.3, -0.25) is 9.59 Å². The van der Waals surface area contributed by atoms with Crippen LogP contribution in [0.5, 0.6) is 0 Å². The van der Waals surface area contributed by atoms with Gasteiger partial charge in [0, 0.05) is 13.1 Å². The highest BCUT2D eigenvalue weighted by Gasteiger charge is 2.39. The number of likely N-dealkylation sites (tertiary alicyclic amines) is 1. The second kappa shape index (κ2) is 8.57. The number of ether oxygens (including phenoxy) is 1. The van der Waals surface area contributed by atoms with Gasteiger partial charge in [0.1, 0.15) is 6.61 Å². The van der Waals surface area contributed by atoms with E-state index in [1.54, 1.807) is 0 Å². The molecule has 0 unspecified atom stereocenters. The molecule has 2 amide bonds. The van der Waals surface area contributed by atoms with Gasteiger partial charge in [0.25, 0.3) is 5.91 Å². The van der Waals surface area contributed by atoms with Crippen LogP contribution >= 0.6 is 0 Å². The SMILES string of the molecule is O=C1CO[C@H](C(=O)N2CCC(Cc3ccccc3)CC2)[C@@H](c2ccccc2)N1. The first-order chi connectivity index (χ1) is 13.7. The minimum Gasteiger partial charge on any atom is -0.356 e. The van der Waals surface area contributed by atoms with Crippen LogP contribution in [0, 0.1) is 5.92 Å². The highest BCUT2D eigenvalue weighted by atomic mass is 16.5. The maximum absolute atomic E-state index is 13.2. The lowest BCUT2D eigenvalue weighted by Gasteiger charge is -2.38. The summed E-state index contributed by atoms with van der Waals surface area (Å²) < 4.78 is 5.69. The number of carbonyl (C=O) groups excluding carboxylic acids is 2. The van der Waals surface area contributed by atoms with E-state index >= 15 is 0 Å². The van der Waals surface area contributed by atoms with E-state index in [2.05, 4.69) is 29.6 Å². The van der Waals surface area contributed by atoms with Crippen molar-refractivity contribution in [3.8, 4) is 0 Å². The maximum atomic E-state index is 13.2. The molecule has 2 aromatic rings. The van der Waals surface area contributed by atoms with Crippen molar-refractivity contribution in [2.24, 2.45) is 5.92 Å². The molecule has 28 heavy (non-hydrogen) atoms. The molecule has 5 nitrogen and oxygen atoms in total. The van der Waals surface area contributed by atoms with Crippen molar-refractivity contribution in [2.45, 2.75) is 31.4 Å². The van der Waals surface area contributed by atoms with Crippen LogP contribution in [0.4, 0.5) is 0 Å². The van der Waals surface area contributed by atoms with Crippen LogP contribution in [-0.2, 0) is 20.7 Å². The number of hydrogen-bond donors (Lipinski definition) is 1. The number of rotatable bonds is 4. The molecular formula is C23H26N2O3. The minimum absolute atomic E-state index is 0.0213. The third kappa shape index (κ3) is 4.25. The molecule has 0 aromatic heterocycles. The molecule has 0 saturated carbocycles. The largest absolute Gasteiger partial charge is 0.356 e. The summed E-state index contributed by atoms with van der Waals surface area (Å²) in [6.07, 6.45) is 2.39. The van der Waals surface area contributed by atoms with E-state index in [0.29, 0.717) is 5.92 Å². The number of benzene rings is 2. The molecule has 0 bridgehead atoms. The predicted molar refractivity (Wildman–Crippen MR) is 107 cm³/mol. The van der Waals surface area contributed by atoms with Crippen molar-refractivity contribution in [3.05, 3.63) is 71.8 Å². The van der Waals surface area contributed by atoms with Gasteiger partial charge in [0.05, 0.1) is 6.04 Å². The third-order valence-electron chi connectivity index (χ3n) is 5.71. The zero-order valence-corrected chi connectivity index (χ0v) is 15.9. The summed E-state index contributed by atoms with van der Waals surface area (Å²) in [5, 5.41) is 2.93. The molecule has 2 aromatic carbocycles. The summed E-state index contributed by atoms with van der Waals surface area (Å²) in [5.74, 6) is 0.398. The van der Waals surface area contributed by atoms with Crippen LogP contribution in [0.3, 0.4) is 0 Å². The molecular weight excluding hydrogens is 352 g/mol. The Morgan fingerprint density at radius 2 is 1.64 bits per heavy atom. The first kappa shape index (κ1) is 18.7. The molecule has 1 N–H and O–H groups in total. The highest BCUT2D eigenvalue weighted by Crippen LogP contribution is 2.27. The maximum Gasteiger partial charge on any atom is 0.254 e. The van der Waals surface area contributed by atoms with Crippen LogP contribution in [0.25, 0.3) is 0 Å². The second-order valence-corrected chi connectivity index (χ2v) is 7.65. The number of nitrogens with zero attached hydrogens (tertiary/aromatic N) is 1. The van der Waals surface area contributed by atoms with Crippen molar-refractivity contribution < 1.29 is 14.3 Å². The Labute approximate surface area is 165 Å². The molecule has 146 valence electrons. The summed E-state index contributed by atoms with van der Waals surface area (Å²) in [6, 6.07) is 19.7. The Balaban J connectivity index is 1.39. The fraction of sp³-hybridized carbons (Fsp3) is 0.391. The first-order valence-corrected chi connectivity index (χ1v) is 9.99. The average Bonchev–Trinajstić information content (AvgIpc) is 2.75. The zero-order chi connectivity index (χ0) is 19.3. The summed E-state index contributed by atoms with van der Waals surface area (Å²) >= 11 is 0. The molecule has 0 spiro atoms. The van der Waals surface area contributed by atoms with Crippen molar-refractivity contribution in [1.82, 2.24) is 10.2 Å². The van der Waals surface area contributed by atoms with Gasteiger partial charge in [0.2, 0.25) is 5.91 Å². The average molecular weight is 378 g/mol. The van der Waals surface area contributed by atoms with Crippen molar-refractivity contribution >= 4 is 11.8 Å². The number of nitrogens with one attached hydrogen (secondary N) is 1. The summed E-state index contributed by atoms with van der Waals surface area (Å²) in [7, 11) is 0. The van der Waals surface area contributed by atoms with Gasteiger partial charge < -0.3 is 15.0 Å². The molecule has 2 saturated heterocycles. The summed E-state index contributed by atoms with van der Waals surface area (Å²) in [6.45, 7) is 1.42. The third-order valence-corrected chi connectivity index (χ3v) is 5.71. The van der Waals surface area contributed by atoms with Gasteiger partial charge in [-0.05, 0) is 36.3 Å². The van der Waals surface area contributed by atoms with E-state index in [0.717, 1.165) is 37.9 Å². The molecule has 2 aliphatic heterocycles. The van der Waals surface area contributed by atoms with Gasteiger partial charge in [-0.25, -0.2) is 0 Å². The second-order valence-electron chi connectivity index (χ2n) is 7.65. The van der Waals surface area contributed by atoms with E-state index < -0.39 is 12.1 Å². The van der Waals surface area contributed by atoms with Crippen LogP contribution < -0.4 is 5.32 Å². The monoisotopic (exact) mass is 378 g/mol. The Morgan fingerprint density at radius 1 is 1.00 bits per heavy atom. The fourth-order valence-electron chi connectivity index (χ4n) is 4.17. The van der Waals surface area contributed by atoms with Gasteiger partial charge in [0.15, 0.2) is 6.10 Å². The van der Waals surface area contributed by atoms with Gasteiger partial charge in [-0.15, -0.1) is 0 Å². The highest BCUT2D eigenvalue weighted by molar-refractivity contribution is 5.86. The first-order valence-electron chi connectivity index (χ1n) is 9.99.